The zero-order chi connectivity index (χ0) is 19.8. The largest absolute Gasteiger partial charge is 0.422 e. The SMILES string of the molecule is Cc1ccc(-c2csc(NC(=O)c3cc4cc(Br)ccc4oc3=O)n2)cc1C. The minimum Gasteiger partial charge on any atom is -0.422 e. The Kier molecular flexibility index (Phi) is 4.87. The molecule has 4 aromatic rings. The average molecular weight is 455 g/mol. The number of aryl methyl sites for hydroxylation is 2. The molecule has 28 heavy (non-hydrogen) atoms. The van der Waals surface area contributed by atoms with E-state index in [1.54, 1.807) is 18.2 Å². The standard InChI is InChI=1S/C21H15BrN2O3S/c1-11-3-4-13(7-12(11)2)17-10-28-21(23-17)24-19(25)16-9-14-8-15(22)5-6-18(14)27-20(16)26/h3-10H,1-2H3,(H,23,24,25). The highest BCUT2D eigenvalue weighted by atomic mass is 79.9. The van der Waals surface area contributed by atoms with Crippen LogP contribution in [0.2, 0.25) is 0 Å². The number of fused-ring (bicyclic) bond motifs is 1. The van der Waals surface area contributed by atoms with Crippen molar-refractivity contribution in [2.24, 2.45) is 0 Å². The number of halogens is 1. The maximum Gasteiger partial charge on any atom is 0.349 e. The minimum atomic E-state index is -0.682. The van der Waals surface area contributed by atoms with E-state index in [1.807, 2.05) is 24.4 Å². The van der Waals surface area contributed by atoms with E-state index < -0.39 is 11.5 Å². The predicted octanol–water partition coefficient (Wildman–Crippen LogP) is 5.55. The molecule has 140 valence electrons. The van der Waals surface area contributed by atoms with Crippen molar-refractivity contribution in [2.75, 3.05) is 5.32 Å². The first kappa shape index (κ1) is 18.6. The van der Waals surface area contributed by atoms with Gasteiger partial charge in [-0.3, -0.25) is 10.1 Å². The Bertz CT molecular complexity index is 1280. The van der Waals surface area contributed by atoms with Crippen LogP contribution in [0.5, 0.6) is 0 Å². The summed E-state index contributed by atoms with van der Waals surface area (Å²) in [4.78, 5) is 29.3. The number of anilines is 1. The smallest absolute Gasteiger partial charge is 0.349 e. The van der Waals surface area contributed by atoms with Crippen molar-refractivity contribution < 1.29 is 9.21 Å². The van der Waals surface area contributed by atoms with E-state index in [4.69, 9.17) is 4.42 Å². The molecule has 0 spiro atoms. The monoisotopic (exact) mass is 454 g/mol. The Morgan fingerprint density at radius 2 is 1.93 bits per heavy atom. The van der Waals surface area contributed by atoms with Crippen molar-refractivity contribution >= 4 is 49.3 Å². The van der Waals surface area contributed by atoms with Gasteiger partial charge in [-0.15, -0.1) is 11.3 Å². The molecule has 0 aliphatic carbocycles. The third kappa shape index (κ3) is 3.63. The number of thiazole rings is 1. The molecular formula is C21H15BrN2O3S. The molecule has 0 bridgehead atoms. The van der Waals surface area contributed by atoms with Gasteiger partial charge in [0.1, 0.15) is 11.1 Å². The molecule has 2 aromatic heterocycles. The highest BCUT2D eigenvalue weighted by Gasteiger charge is 2.16. The van der Waals surface area contributed by atoms with E-state index in [-0.39, 0.29) is 5.56 Å². The van der Waals surface area contributed by atoms with Crippen LogP contribution in [0.1, 0.15) is 21.5 Å². The molecule has 2 heterocycles. The Balaban J connectivity index is 1.61. The molecule has 2 aromatic carbocycles. The molecule has 0 radical (unpaired) electrons. The van der Waals surface area contributed by atoms with Crippen molar-refractivity contribution in [3.8, 4) is 11.3 Å². The molecule has 0 aliphatic heterocycles. The second-order valence-corrected chi connectivity index (χ2v) is 8.19. The molecule has 4 rings (SSSR count). The second-order valence-electron chi connectivity index (χ2n) is 6.42. The first-order valence-corrected chi connectivity index (χ1v) is 10.2. The summed E-state index contributed by atoms with van der Waals surface area (Å²) in [5.41, 5.74) is 3.83. The van der Waals surface area contributed by atoms with Crippen LogP contribution in [0.4, 0.5) is 5.13 Å². The van der Waals surface area contributed by atoms with Crippen LogP contribution in [-0.2, 0) is 0 Å². The van der Waals surface area contributed by atoms with Crippen LogP contribution < -0.4 is 10.9 Å². The quantitative estimate of drug-likeness (QED) is 0.412. The zero-order valence-corrected chi connectivity index (χ0v) is 17.5. The first-order valence-electron chi connectivity index (χ1n) is 8.48. The van der Waals surface area contributed by atoms with Gasteiger partial charge < -0.3 is 4.42 Å². The van der Waals surface area contributed by atoms with Gasteiger partial charge in [-0.05, 0) is 55.3 Å². The van der Waals surface area contributed by atoms with Gasteiger partial charge in [0.05, 0.1) is 5.69 Å². The van der Waals surface area contributed by atoms with Crippen LogP contribution in [0.3, 0.4) is 0 Å². The zero-order valence-electron chi connectivity index (χ0n) is 15.1. The predicted molar refractivity (Wildman–Crippen MR) is 115 cm³/mol. The van der Waals surface area contributed by atoms with E-state index >= 15 is 0 Å². The third-order valence-electron chi connectivity index (χ3n) is 4.47. The summed E-state index contributed by atoms with van der Waals surface area (Å²) < 4.78 is 6.08. The van der Waals surface area contributed by atoms with Gasteiger partial charge in [0, 0.05) is 20.8 Å². The fourth-order valence-corrected chi connectivity index (χ4v) is 3.88. The van der Waals surface area contributed by atoms with Crippen LogP contribution in [0.15, 0.2) is 61.5 Å². The number of nitrogens with zero attached hydrogens (tertiary/aromatic N) is 1. The van der Waals surface area contributed by atoms with E-state index in [2.05, 4.69) is 39.2 Å². The highest BCUT2D eigenvalue weighted by molar-refractivity contribution is 9.10. The molecule has 0 fully saturated rings. The summed E-state index contributed by atoms with van der Waals surface area (Å²) in [6.07, 6.45) is 0. The Labute approximate surface area is 173 Å². The molecule has 0 unspecified atom stereocenters. The van der Waals surface area contributed by atoms with Crippen molar-refractivity contribution in [3.63, 3.8) is 0 Å². The Morgan fingerprint density at radius 1 is 1.11 bits per heavy atom. The summed E-state index contributed by atoms with van der Waals surface area (Å²) >= 11 is 4.68. The molecule has 7 heteroatoms. The van der Waals surface area contributed by atoms with E-state index in [0.29, 0.717) is 16.1 Å². The van der Waals surface area contributed by atoms with Gasteiger partial charge in [-0.1, -0.05) is 28.1 Å². The van der Waals surface area contributed by atoms with Crippen molar-refractivity contribution in [1.29, 1.82) is 0 Å². The first-order chi connectivity index (χ1) is 13.4. The molecule has 1 amide bonds. The average Bonchev–Trinajstić information content (AvgIpc) is 3.12. The van der Waals surface area contributed by atoms with Crippen molar-refractivity contribution in [2.45, 2.75) is 13.8 Å². The Morgan fingerprint density at radius 3 is 2.71 bits per heavy atom. The van der Waals surface area contributed by atoms with Crippen molar-refractivity contribution in [1.82, 2.24) is 4.98 Å². The number of hydrogen-bond donors (Lipinski definition) is 1. The number of amides is 1. The van der Waals surface area contributed by atoms with Gasteiger partial charge >= 0.3 is 5.63 Å². The minimum absolute atomic E-state index is 0.0615. The van der Waals surface area contributed by atoms with E-state index in [1.165, 1.54) is 28.5 Å². The molecule has 0 aliphatic rings. The number of carbonyl (C=O) groups excluding carboxylic acids is 1. The second kappa shape index (κ2) is 7.33. The van der Waals surface area contributed by atoms with E-state index in [0.717, 1.165) is 15.7 Å². The fourth-order valence-electron chi connectivity index (χ4n) is 2.78. The maximum atomic E-state index is 12.6. The summed E-state index contributed by atoms with van der Waals surface area (Å²) in [5.74, 6) is -0.545. The van der Waals surface area contributed by atoms with E-state index in [9.17, 15) is 9.59 Å². The number of nitrogens with one attached hydrogen (secondary N) is 1. The summed E-state index contributed by atoms with van der Waals surface area (Å²) in [5, 5.41) is 5.65. The number of rotatable bonds is 3. The summed E-state index contributed by atoms with van der Waals surface area (Å²) in [7, 11) is 0. The van der Waals surface area contributed by atoms with Gasteiger partial charge in [0.25, 0.3) is 5.91 Å². The van der Waals surface area contributed by atoms with Crippen LogP contribution in [0.25, 0.3) is 22.2 Å². The summed E-state index contributed by atoms with van der Waals surface area (Å²) in [6.45, 7) is 4.10. The van der Waals surface area contributed by atoms with Crippen LogP contribution >= 0.6 is 27.3 Å². The molecule has 0 atom stereocenters. The lowest BCUT2D eigenvalue weighted by atomic mass is 10.1. The van der Waals surface area contributed by atoms with Gasteiger partial charge in [-0.25, -0.2) is 9.78 Å². The van der Waals surface area contributed by atoms with Gasteiger partial charge in [0.15, 0.2) is 5.13 Å². The molecular weight excluding hydrogens is 440 g/mol. The number of benzene rings is 2. The van der Waals surface area contributed by atoms with Gasteiger partial charge in [-0.2, -0.15) is 0 Å². The molecule has 0 saturated heterocycles. The molecule has 5 nitrogen and oxygen atoms in total. The maximum absolute atomic E-state index is 12.6. The van der Waals surface area contributed by atoms with Crippen LogP contribution in [-0.4, -0.2) is 10.9 Å². The lowest BCUT2D eigenvalue weighted by Crippen LogP contribution is -2.20. The molecule has 1 N–H and O–H groups in total. The van der Waals surface area contributed by atoms with Crippen LogP contribution in [0, 0.1) is 13.8 Å². The number of aromatic nitrogens is 1. The normalized spacial score (nSPS) is 11.0. The number of hydrogen-bond acceptors (Lipinski definition) is 5. The van der Waals surface area contributed by atoms with Gasteiger partial charge in [0.2, 0.25) is 0 Å². The Hall–Kier alpha value is -2.77. The lowest BCUT2D eigenvalue weighted by molar-refractivity contribution is 0.102. The topological polar surface area (TPSA) is 72.2 Å². The lowest BCUT2D eigenvalue weighted by Gasteiger charge is -2.04. The van der Waals surface area contributed by atoms with Crippen molar-refractivity contribution in [3.05, 3.63) is 79.4 Å². The third-order valence-corrected chi connectivity index (χ3v) is 5.72. The highest BCUT2D eigenvalue weighted by Crippen LogP contribution is 2.27. The number of carbonyl (C=O) groups is 1. The summed E-state index contributed by atoms with van der Waals surface area (Å²) in [6, 6.07) is 12.9. The molecule has 0 saturated carbocycles. The fraction of sp³-hybridized carbons (Fsp3) is 0.0952.